The second kappa shape index (κ2) is 5.21. The van der Waals surface area contributed by atoms with Gasteiger partial charge in [0.05, 0.1) is 0 Å². The van der Waals surface area contributed by atoms with Crippen molar-refractivity contribution >= 4 is 11.7 Å². The van der Waals surface area contributed by atoms with Crippen molar-refractivity contribution in [1.29, 1.82) is 0 Å². The number of aliphatic carboxylic acids is 1. The van der Waals surface area contributed by atoms with E-state index in [2.05, 4.69) is 6.92 Å². The summed E-state index contributed by atoms with van der Waals surface area (Å²) >= 11 is 0. The zero-order valence-corrected chi connectivity index (χ0v) is 10.2. The van der Waals surface area contributed by atoms with Crippen molar-refractivity contribution in [3.63, 3.8) is 0 Å². The highest BCUT2D eigenvalue weighted by Crippen LogP contribution is 2.32. The monoisotopic (exact) mass is 233 g/mol. The van der Waals surface area contributed by atoms with E-state index in [9.17, 15) is 9.90 Å². The van der Waals surface area contributed by atoms with Gasteiger partial charge in [0.25, 0.3) is 0 Å². The number of carboxylic acids is 1. The Kier molecular flexibility index (Phi) is 3.67. The van der Waals surface area contributed by atoms with Crippen LogP contribution in [0.3, 0.4) is 0 Å². The first-order valence-electron chi connectivity index (χ1n) is 6.31. The van der Waals surface area contributed by atoms with Crippen LogP contribution in [-0.4, -0.2) is 23.7 Å². The van der Waals surface area contributed by atoms with Gasteiger partial charge < -0.3 is 10.0 Å². The summed E-state index contributed by atoms with van der Waals surface area (Å²) in [4.78, 5) is 13.3. The minimum atomic E-state index is -0.710. The van der Waals surface area contributed by atoms with Gasteiger partial charge in [0.2, 0.25) is 0 Å². The van der Waals surface area contributed by atoms with Crippen molar-refractivity contribution in [3.05, 3.63) is 29.8 Å². The predicted molar refractivity (Wildman–Crippen MR) is 68.4 cm³/mol. The molecule has 0 spiro atoms. The Bertz CT molecular complexity index is 403. The molecule has 1 aliphatic heterocycles. The summed E-state index contributed by atoms with van der Waals surface area (Å²) in [5, 5.41) is 9.27. The van der Waals surface area contributed by atoms with E-state index in [1.54, 1.807) is 0 Å². The standard InChI is InChI=1S/C14H19NO2/c1-2-3-6-9-15-12-8-5-4-7-11(12)10-13(15)14(16)17/h4-5,7-8,13H,2-3,6,9-10H2,1H3,(H,16,17)/t13-/m1/s1. The van der Waals surface area contributed by atoms with Crippen LogP contribution in [0.4, 0.5) is 5.69 Å². The molecule has 0 unspecified atom stereocenters. The molecule has 92 valence electrons. The van der Waals surface area contributed by atoms with Crippen LogP contribution < -0.4 is 4.90 Å². The smallest absolute Gasteiger partial charge is 0.326 e. The number of hydrogen-bond acceptors (Lipinski definition) is 2. The van der Waals surface area contributed by atoms with Crippen LogP contribution >= 0.6 is 0 Å². The normalized spacial score (nSPS) is 18.2. The Morgan fingerprint density at radius 1 is 1.41 bits per heavy atom. The molecule has 3 heteroatoms. The van der Waals surface area contributed by atoms with E-state index in [0.717, 1.165) is 37.1 Å². The lowest BCUT2D eigenvalue weighted by Gasteiger charge is -2.24. The van der Waals surface area contributed by atoms with Crippen LogP contribution in [0.25, 0.3) is 0 Å². The largest absolute Gasteiger partial charge is 0.480 e. The predicted octanol–water partition coefficient (Wildman–Crippen LogP) is 2.69. The Morgan fingerprint density at radius 3 is 2.88 bits per heavy atom. The van der Waals surface area contributed by atoms with E-state index in [1.807, 2.05) is 29.2 Å². The zero-order chi connectivity index (χ0) is 12.3. The minimum Gasteiger partial charge on any atom is -0.480 e. The fraction of sp³-hybridized carbons (Fsp3) is 0.500. The Morgan fingerprint density at radius 2 is 2.18 bits per heavy atom. The van der Waals surface area contributed by atoms with E-state index in [4.69, 9.17) is 0 Å². The summed E-state index contributed by atoms with van der Waals surface area (Å²) in [5.41, 5.74) is 2.27. The fourth-order valence-corrected chi connectivity index (χ4v) is 2.48. The first kappa shape index (κ1) is 12.0. The number of carbonyl (C=O) groups is 1. The summed E-state index contributed by atoms with van der Waals surface area (Å²) in [6.07, 6.45) is 4.02. The third-order valence-electron chi connectivity index (χ3n) is 3.38. The van der Waals surface area contributed by atoms with Crippen molar-refractivity contribution in [3.8, 4) is 0 Å². The molecule has 0 aliphatic carbocycles. The van der Waals surface area contributed by atoms with Crippen LogP contribution in [0.15, 0.2) is 24.3 Å². The molecule has 1 heterocycles. The maximum absolute atomic E-state index is 11.3. The first-order chi connectivity index (χ1) is 8.24. The van der Waals surface area contributed by atoms with Gasteiger partial charge in [-0.1, -0.05) is 38.0 Å². The van der Waals surface area contributed by atoms with E-state index in [1.165, 1.54) is 0 Å². The van der Waals surface area contributed by atoms with Crippen LogP contribution in [0, 0.1) is 0 Å². The van der Waals surface area contributed by atoms with E-state index in [0.29, 0.717) is 6.42 Å². The third-order valence-corrected chi connectivity index (χ3v) is 3.38. The Hall–Kier alpha value is -1.51. The molecule has 0 bridgehead atoms. The number of nitrogens with zero attached hydrogens (tertiary/aromatic N) is 1. The molecule has 0 radical (unpaired) electrons. The van der Waals surface area contributed by atoms with Crippen LogP contribution in [0.5, 0.6) is 0 Å². The fourth-order valence-electron chi connectivity index (χ4n) is 2.48. The number of para-hydroxylation sites is 1. The molecule has 17 heavy (non-hydrogen) atoms. The zero-order valence-electron chi connectivity index (χ0n) is 10.2. The molecule has 1 aromatic rings. The molecular formula is C14H19NO2. The lowest BCUT2D eigenvalue weighted by Crippen LogP contribution is -2.39. The molecule has 0 fully saturated rings. The molecule has 1 atom stereocenters. The van der Waals surface area contributed by atoms with E-state index in [-0.39, 0.29) is 6.04 Å². The van der Waals surface area contributed by atoms with Crippen molar-refractivity contribution in [2.45, 2.75) is 38.6 Å². The maximum Gasteiger partial charge on any atom is 0.326 e. The van der Waals surface area contributed by atoms with Gasteiger partial charge in [0.1, 0.15) is 6.04 Å². The summed E-state index contributed by atoms with van der Waals surface area (Å²) in [6, 6.07) is 7.66. The van der Waals surface area contributed by atoms with E-state index >= 15 is 0 Å². The highest BCUT2D eigenvalue weighted by molar-refractivity contribution is 5.82. The Labute approximate surface area is 102 Å². The third kappa shape index (κ3) is 2.43. The van der Waals surface area contributed by atoms with E-state index < -0.39 is 5.97 Å². The average Bonchev–Trinajstić information content (AvgIpc) is 2.69. The van der Waals surface area contributed by atoms with Crippen molar-refractivity contribution in [2.24, 2.45) is 0 Å². The topological polar surface area (TPSA) is 40.5 Å². The van der Waals surface area contributed by atoms with Crippen molar-refractivity contribution in [2.75, 3.05) is 11.4 Å². The molecule has 2 rings (SSSR count). The van der Waals surface area contributed by atoms with Crippen molar-refractivity contribution in [1.82, 2.24) is 0 Å². The number of unbranched alkanes of at least 4 members (excludes halogenated alkanes) is 2. The molecular weight excluding hydrogens is 214 g/mol. The molecule has 1 N–H and O–H groups in total. The van der Waals surface area contributed by atoms with Crippen molar-refractivity contribution < 1.29 is 9.90 Å². The second-order valence-electron chi connectivity index (χ2n) is 4.59. The van der Waals surface area contributed by atoms with Gasteiger partial charge in [-0.2, -0.15) is 0 Å². The van der Waals surface area contributed by atoms with Crippen LogP contribution in [-0.2, 0) is 11.2 Å². The quantitative estimate of drug-likeness (QED) is 0.795. The molecule has 1 aliphatic rings. The number of fused-ring (bicyclic) bond motifs is 1. The number of rotatable bonds is 5. The van der Waals surface area contributed by atoms with Gasteiger partial charge in [0, 0.05) is 18.7 Å². The summed E-state index contributed by atoms with van der Waals surface area (Å²) in [5.74, 6) is -0.710. The molecule has 0 aromatic heterocycles. The summed E-state index contributed by atoms with van der Waals surface area (Å²) in [7, 11) is 0. The Balaban J connectivity index is 2.15. The van der Waals surface area contributed by atoms with Gasteiger partial charge >= 0.3 is 5.97 Å². The number of carboxylic acid groups (broad SMARTS) is 1. The van der Waals surface area contributed by atoms with Gasteiger partial charge in [-0.05, 0) is 18.1 Å². The highest BCUT2D eigenvalue weighted by atomic mass is 16.4. The SMILES string of the molecule is CCCCCN1c2ccccc2C[C@@H]1C(=O)O. The van der Waals surface area contributed by atoms with Gasteiger partial charge in [-0.3, -0.25) is 0 Å². The number of hydrogen-bond donors (Lipinski definition) is 1. The molecule has 1 aromatic carbocycles. The summed E-state index contributed by atoms with van der Waals surface area (Å²) < 4.78 is 0. The second-order valence-corrected chi connectivity index (χ2v) is 4.59. The molecule has 0 amide bonds. The number of benzene rings is 1. The molecule has 3 nitrogen and oxygen atoms in total. The first-order valence-corrected chi connectivity index (χ1v) is 6.31. The van der Waals surface area contributed by atoms with Crippen LogP contribution in [0.1, 0.15) is 31.7 Å². The minimum absolute atomic E-state index is 0.371. The highest BCUT2D eigenvalue weighted by Gasteiger charge is 2.33. The summed E-state index contributed by atoms with van der Waals surface area (Å²) in [6.45, 7) is 3.01. The number of anilines is 1. The van der Waals surface area contributed by atoms with Crippen LogP contribution in [0.2, 0.25) is 0 Å². The molecule has 0 saturated carbocycles. The lowest BCUT2D eigenvalue weighted by atomic mass is 10.1. The van der Waals surface area contributed by atoms with Gasteiger partial charge in [0.15, 0.2) is 0 Å². The van der Waals surface area contributed by atoms with Gasteiger partial charge in [-0.25, -0.2) is 4.79 Å². The maximum atomic E-state index is 11.3. The average molecular weight is 233 g/mol. The lowest BCUT2D eigenvalue weighted by molar-refractivity contribution is -0.138. The molecule has 0 saturated heterocycles. The van der Waals surface area contributed by atoms with Gasteiger partial charge in [-0.15, -0.1) is 0 Å².